The number of aliphatic hydroxyl groups excluding tert-OH is 1. The number of hydrogen-bond donors (Lipinski definition) is 1. The van der Waals surface area contributed by atoms with Crippen LogP contribution in [-0.2, 0) is 4.74 Å². The zero-order valence-electron chi connectivity index (χ0n) is 8.90. The Hall–Kier alpha value is -1.35. The highest BCUT2D eigenvalue weighted by Gasteiger charge is 2.05. The molecule has 0 spiro atoms. The van der Waals surface area contributed by atoms with Crippen LogP contribution in [0.2, 0.25) is 0 Å². The van der Waals surface area contributed by atoms with Crippen molar-refractivity contribution >= 4 is 5.97 Å². The zero-order valence-corrected chi connectivity index (χ0v) is 8.90. The molecule has 15 heavy (non-hydrogen) atoms. The maximum Gasteiger partial charge on any atom is 0.338 e. The quantitative estimate of drug-likeness (QED) is 0.594. The molecule has 3 heteroatoms. The number of benzene rings is 1. The first-order chi connectivity index (χ1) is 7.24. The maximum absolute atomic E-state index is 11.4. The monoisotopic (exact) mass is 208 g/mol. The van der Waals surface area contributed by atoms with E-state index >= 15 is 0 Å². The van der Waals surface area contributed by atoms with Gasteiger partial charge in [0, 0.05) is 6.61 Å². The van der Waals surface area contributed by atoms with E-state index in [4.69, 9.17) is 9.84 Å². The third-order valence-corrected chi connectivity index (χ3v) is 2.07. The molecular formula is C12H16O3. The van der Waals surface area contributed by atoms with Crippen LogP contribution in [0.4, 0.5) is 0 Å². The Morgan fingerprint density at radius 3 is 2.53 bits per heavy atom. The number of carbonyl (C=O) groups excluding carboxylic acids is 1. The molecule has 0 unspecified atom stereocenters. The second-order valence-electron chi connectivity index (χ2n) is 3.43. The molecule has 0 saturated carbocycles. The van der Waals surface area contributed by atoms with Gasteiger partial charge in [0.15, 0.2) is 0 Å². The predicted molar refractivity (Wildman–Crippen MR) is 57.8 cm³/mol. The van der Waals surface area contributed by atoms with Gasteiger partial charge in [0.05, 0.1) is 12.2 Å². The fourth-order valence-electron chi connectivity index (χ4n) is 1.15. The summed E-state index contributed by atoms with van der Waals surface area (Å²) in [6, 6.07) is 7.27. The fourth-order valence-corrected chi connectivity index (χ4v) is 1.15. The lowest BCUT2D eigenvalue weighted by Crippen LogP contribution is -2.06. The van der Waals surface area contributed by atoms with Crippen LogP contribution in [0, 0.1) is 6.92 Å². The van der Waals surface area contributed by atoms with Crippen LogP contribution in [0.5, 0.6) is 0 Å². The van der Waals surface area contributed by atoms with E-state index in [1.807, 2.05) is 19.1 Å². The number of esters is 1. The highest BCUT2D eigenvalue weighted by molar-refractivity contribution is 5.89. The molecule has 0 aliphatic carbocycles. The summed E-state index contributed by atoms with van der Waals surface area (Å²) in [5.74, 6) is -0.298. The summed E-state index contributed by atoms with van der Waals surface area (Å²) in [7, 11) is 0. The Morgan fingerprint density at radius 2 is 1.93 bits per heavy atom. The number of hydrogen-bond acceptors (Lipinski definition) is 3. The van der Waals surface area contributed by atoms with Crippen molar-refractivity contribution in [2.45, 2.75) is 19.8 Å². The molecule has 1 rings (SSSR count). The third-order valence-electron chi connectivity index (χ3n) is 2.07. The fraction of sp³-hybridized carbons (Fsp3) is 0.417. The Morgan fingerprint density at radius 1 is 1.27 bits per heavy atom. The normalized spacial score (nSPS) is 10.0. The van der Waals surface area contributed by atoms with Crippen molar-refractivity contribution in [1.29, 1.82) is 0 Å². The largest absolute Gasteiger partial charge is 0.462 e. The van der Waals surface area contributed by atoms with E-state index < -0.39 is 0 Å². The van der Waals surface area contributed by atoms with Crippen LogP contribution in [0.3, 0.4) is 0 Å². The summed E-state index contributed by atoms with van der Waals surface area (Å²) in [5.41, 5.74) is 1.69. The molecule has 0 aliphatic rings. The minimum Gasteiger partial charge on any atom is -0.462 e. The van der Waals surface area contributed by atoms with E-state index in [0.29, 0.717) is 25.0 Å². The minimum absolute atomic E-state index is 0.141. The van der Waals surface area contributed by atoms with Crippen molar-refractivity contribution in [3.8, 4) is 0 Å². The summed E-state index contributed by atoms with van der Waals surface area (Å²) in [5, 5.41) is 8.54. The molecule has 82 valence electrons. The summed E-state index contributed by atoms with van der Waals surface area (Å²) in [4.78, 5) is 11.4. The lowest BCUT2D eigenvalue weighted by molar-refractivity contribution is 0.0492. The molecule has 0 amide bonds. The van der Waals surface area contributed by atoms with Gasteiger partial charge in [0.25, 0.3) is 0 Å². The molecule has 0 aliphatic heterocycles. The van der Waals surface area contributed by atoms with Crippen molar-refractivity contribution in [2.75, 3.05) is 13.2 Å². The SMILES string of the molecule is Cc1ccc(C(=O)OCCCCO)cc1. The zero-order chi connectivity index (χ0) is 11.1. The van der Waals surface area contributed by atoms with Crippen molar-refractivity contribution in [3.05, 3.63) is 35.4 Å². The van der Waals surface area contributed by atoms with E-state index in [2.05, 4.69) is 0 Å². The number of unbranched alkanes of at least 4 members (excludes halogenated alkanes) is 1. The summed E-state index contributed by atoms with van der Waals surface area (Å²) < 4.78 is 5.02. The topological polar surface area (TPSA) is 46.5 Å². The summed E-state index contributed by atoms with van der Waals surface area (Å²) >= 11 is 0. The smallest absolute Gasteiger partial charge is 0.338 e. The molecule has 0 aromatic heterocycles. The molecule has 0 saturated heterocycles. The van der Waals surface area contributed by atoms with Gasteiger partial charge in [-0.25, -0.2) is 4.79 Å². The van der Waals surface area contributed by atoms with Crippen LogP contribution in [0.25, 0.3) is 0 Å². The Balaban J connectivity index is 2.37. The minimum atomic E-state index is -0.298. The van der Waals surface area contributed by atoms with E-state index in [1.54, 1.807) is 12.1 Å². The first kappa shape index (κ1) is 11.7. The van der Waals surface area contributed by atoms with Crippen molar-refractivity contribution in [1.82, 2.24) is 0 Å². The van der Waals surface area contributed by atoms with Crippen LogP contribution < -0.4 is 0 Å². The van der Waals surface area contributed by atoms with Gasteiger partial charge in [0.1, 0.15) is 0 Å². The second-order valence-corrected chi connectivity index (χ2v) is 3.43. The first-order valence-corrected chi connectivity index (χ1v) is 5.08. The van der Waals surface area contributed by atoms with Gasteiger partial charge >= 0.3 is 5.97 Å². The standard InChI is InChI=1S/C12H16O3/c1-10-4-6-11(7-5-10)12(14)15-9-3-2-8-13/h4-7,13H,2-3,8-9H2,1H3. The van der Waals surface area contributed by atoms with Gasteiger partial charge in [-0.3, -0.25) is 0 Å². The molecule has 0 fully saturated rings. The summed E-state index contributed by atoms with van der Waals surface area (Å²) in [6.45, 7) is 2.48. The van der Waals surface area contributed by atoms with E-state index in [-0.39, 0.29) is 12.6 Å². The van der Waals surface area contributed by atoms with Crippen LogP contribution in [-0.4, -0.2) is 24.3 Å². The first-order valence-electron chi connectivity index (χ1n) is 5.08. The van der Waals surface area contributed by atoms with Crippen LogP contribution in [0.1, 0.15) is 28.8 Å². The molecule has 1 aromatic carbocycles. The average Bonchev–Trinajstić information content (AvgIpc) is 2.25. The lowest BCUT2D eigenvalue weighted by Gasteiger charge is -2.04. The maximum atomic E-state index is 11.4. The number of aliphatic hydroxyl groups is 1. The molecule has 0 atom stereocenters. The Bertz CT molecular complexity index is 303. The summed E-state index contributed by atoms with van der Waals surface area (Å²) in [6.07, 6.45) is 1.37. The average molecular weight is 208 g/mol. The number of aryl methyl sites for hydroxylation is 1. The van der Waals surface area contributed by atoms with Gasteiger partial charge < -0.3 is 9.84 Å². The molecule has 3 nitrogen and oxygen atoms in total. The van der Waals surface area contributed by atoms with Gasteiger partial charge in [0.2, 0.25) is 0 Å². The molecule has 0 bridgehead atoms. The number of ether oxygens (including phenoxy) is 1. The van der Waals surface area contributed by atoms with E-state index in [9.17, 15) is 4.79 Å². The highest BCUT2D eigenvalue weighted by atomic mass is 16.5. The third kappa shape index (κ3) is 4.13. The highest BCUT2D eigenvalue weighted by Crippen LogP contribution is 2.05. The van der Waals surface area contributed by atoms with Crippen molar-refractivity contribution in [3.63, 3.8) is 0 Å². The van der Waals surface area contributed by atoms with Crippen LogP contribution in [0.15, 0.2) is 24.3 Å². The van der Waals surface area contributed by atoms with Crippen molar-refractivity contribution in [2.24, 2.45) is 0 Å². The number of rotatable bonds is 5. The molecule has 0 radical (unpaired) electrons. The molecular weight excluding hydrogens is 192 g/mol. The number of carbonyl (C=O) groups is 1. The van der Waals surface area contributed by atoms with Crippen LogP contribution >= 0.6 is 0 Å². The van der Waals surface area contributed by atoms with E-state index in [1.165, 1.54) is 0 Å². The van der Waals surface area contributed by atoms with Gasteiger partial charge in [-0.1, -0.05) is 17.7 Å². The predicted octanol–water partition coefficient (Wildman–Crippen LogP) is 1.92. The van der Waals surface area contributed by atoms with Gasteiger partial charge in [-0.2, -0.15) is 0 Å². The molecule has 1 N–H and O–H groups in total. The van der Waals surface area contributed by atoms with Gasteiger partial charge in [-0.15, -0.1) is 0 Å². The molecule has 1 aromatic rings. The van der Waals surface area contributed by atoms with Gasteiger partial charge in [-0.05, 0) is 31.9 Å². The van der Waals surface area contributed by atoms with Crippen molar-refractivity contribution < 1.29 is 14.6 Å². The Labute approximate surface area is 89.7 Å². The molecule has 0 heterocycles. The Kier molecular flexibility index (Phi) is 4.84. The second kappa shape index (κ2) is 6.19. The van der Waals surface area contributed by atoms with E-state index in [0.717, 1.165) is 5.56 Å². The lowest BCUT2D eigenvalue weighted by atomic mass is 10.1.